The molecular weight excluding hydrogens is 238 g/mol. The second-order valence-electron chi connectivity index (χ2n) is 5.15. The highest BCUT2D eigenvalue weighted by atomic mass is 15.4. The summed E-state index contributed by atoms with van der Waals surface area (Å²) >= 11 is 0. The molecule has 1 fully saturated rings. The number of aryl methyl sites for hydroxylation is 1. The van der Waals surface area contributed by atoms with E-state index >= 15 is 0 Å². The molecule has 2 aromatic rings. The van der Waals surface area contributed by atoms with Gasteiger partial charge in [-0.05, 0) is 19.9 Å². The van der Waals surface area contributed by atoms with Crippen LogP contribution in [-0.2, 0) is 0 Å². The highest BCUT2D eigenvalue weighted by Gasteiger charge is 2.19. The number of nitrogens with zero attached hydrogens (tertiary/aromatic N) is 3. The molecule has 0 unspecified atom stereocenters. The molecule has 5 nitrogen and oxygen atoms in total. The molecule has 1 aromatic heterocycles. The van der Waals surface area contributed by atoms with Crippen molar-refractivity contribution in [3.05, 3.63) is 29.8 Å². The van der Waals surface area contributed by atoms with Crippen LogP contribution in [0.25, 0.3) is 11.4 Å². The minimum atomic E-state index is 0.481. The van der Waals surface area contributed by atoms with E-state index in [9.17, 15) is 0 Å². The van der Waals surface area contributed by atoms with Gasteiger partial charge in [0.2, 0.25) is 5.95 Å². The van der Waals surface area contributed by atoms with E-state index in [0.717, 1.165) is 37.0 Å². The third-order valence-corrected chi connectivity index (χ3v) is 3.42. The van der Waals surface area contributed by atoms with Crippen LogP contribution in [0, 0.1) is 6.92 Å². The quantitative estimate of drug-likeness (QED) is 0.857. The zero-order valence-corrected chi connectivity index (χ0v) is 11.3. The van der Waals surface area contributed by atoms with Crippen molar-refractivity contribution in [2.75, 3.05) is 24.5 Å². The summed E-state index contributed by atoms with van der Waals surface area (Å²) in [6.45, 7) is 7.15. The van der Waals surface area contributed by atoms with Crippen LogP contribution in [0.3, 0.4) is 0 Å². The first-order chi connectivity index (χ1) is 9.22. The molecule has 1 aliphatic rings. The first kappa shape index (κ1) is 12.2. The largest absolute Gasteiger partial charge is 0.337 e. The van der Waals surface area contributed by atoms with Gasteiger partial charge >= 0.3 is 0 Å². The Labute approximate surface area is 113 Å². The van der Waals surface area contributed by atoms with Gasteiger partial charge in [-0.3, -0.25) is 5.10 Å². The minimum Gasteiger partial charge on any atom is -0.337 e. The van der Waals surface area contributed by atoms with Gasteiger partial charge in [0.05, 0.1) is 0 Å². The number of rotatable bonds is 2. The van der Waals surface area contributed by atoms with Crippen molar-refractivity contribution in [2.45, 2.75) is 19.9 Å². The molecule has 0 bridgehead atoms. The summed E-state index contributed by atoms with van der Waals surface area (Å²) in [6.07, 6.45) is 0. The normalized spacial score (nSPS) is 19.7. The van der Waals surface area contributed by atoms with Crippen LogP contribution in [0.4, 0.5) is 5.95 Å². The third kappa shape index (κ3) is 2.61. The van der Waals surface area contributed by atoms with Gasteiger partial charge in [0.25, 0.3) is 0 Å². The zero-order valence-electron chi connectivity index (χ0n) is 11.3. The lowest BCUT2D eigenvalue weighted by Gasteiger charge is -2.30. The lowest BCUT2D eigenvalue weighted by Crippen LogP contribution is -2.49. The molecule has 1 atom stereocenters. The number of nitrogens with one attached hydrogen (secondary N) is 2. The van der Waals surface area contributed by atoms with Crippen molar-refractivity contribution in [3.8, 4) is 11.4 Å². The maximum atomic E-state index is 4.61. The number of hydrogen-bond donors (Lipinski definition) is 2. The fourth-order valence-electron chi connectivity index (χ4n) is 2.43. The summed E-state index contributed by atoms with van der Waals surface area (Å²) in [4.78, 5) is 6.83. The predicted octanol–water partition coefficient (Wildman–Crippen LogP) is 1.58. The first-order valence-corrected chi connectivity index (χ1v) is 6.70. The Morgan fingerprint density at radius 1 is 1.37 bits per heavy atom. The van der Waals surface area contributed by atoms with Crippen LogP contribution in [0.2, 0.25) is 0 Å². The number of benzene rings is 1. The summed E-state index contributed by atoms with van der Waals surface area (Å²) in [5.74, 6) is 1.63. The highest BCUT2D eigenvalue weighted by Crippen LogP contribution is 2.19. The summed E-state index contributed by atoms with van der Waals surface area (Å²) in [5.41, 5.74) is 2.31. The van der Waals surface area contributed by atoms with Gasteiger partial charge in [-0.15, -0.1) is 5.10 Å². The Morgan fingerprint density at radius 3 is 3.05 bits per heavy atom. The molecule has 1 aromatic carbocycles. The van der Waals surface area contributed by atoms with Gasteiger partial charge in [0, 0.05) is 31.2 Å². The topological polar surface area (TPSA) is 56.8 Å². The number of aromatic nitrogens is 3. The van der Waals surface area contributed by atoms with E-state index in [2.05, 4.69) is 57.4 Å². The maximum Gasteiger partial charge on any atom is 0.245 e. The molecule has 1 saturated heterocycles. The van der Waals surface area contributed by atoms with Crippen molar-refractivity contribution >= 4 is 5.95 Å². The second-order valence-corrected chi connectivity index (χ2v) is 5.15. The Hall–Kier alpha value is -1.88. The molecular formula is C14H19N5. The fraction of sp³-hybridized carbons (Fsp3) is 0.429. The summed E-state index contributed by atoms with van der Waals surface area (Å²) in [6, 6.07) is 8.77. The van der Waals surface area contributed by atoms with E-state index in [1.807, 2.05) is 6.07 Å². The van der Waals surface area contributed by atoms with Crippen LogP contribution in [0.15, 0.2) is 24.3 Å². The molecule has 100 valence electrons. The van der Waals surface area contributed by atoms with Gasteiger partial charge < -0.3 is 10.2 Å². The summed E-state index contributed by atoms with van der Waals surface area (Å²) in [7, 11) is 0. The molecule has 2 N–H and O–H groups in total. The van der Waals surface area contributed by atoms with Crippen LogP contribution in [0.1, 0.15) is 12.5 Å². The molecule has 0 spiro atoms. The lowest BCUT2D eigenvalue weighted by molar-refractivity contribution is 0.480. The Bertz CT molecular complexity index is 562. The van der Waals surface area contributed by atoms with E-state index in [4.69, 9.17) is 0 Å². The SMILES string of the molecule is Cc1cccc(-c2nc(N3CCN[C@H](C)C3)n[nH]2)c1. The molecule has 0 saturated carbocycles. The van der Waals surface area contributed by atoms with Gasteiger partial charge in [0.1, 0.15) is 0 Å². The average Bonchev–Trinajstić information content (AvgIpc) is 2.88. The van der Waals surface area contributed by atoms with Crippen molar-refractivity contribution in [3.63, 3.8) is 0 Å². The highest BCUT2D eigenvalue weighted by molar-refractivity contribution is 5.57. The van der Waals surface area contributed by atoms with E-state index in [1.165, 1.54) is 5.56 Å². The number of aromatic amines is 1. The van der Waals surface area contributed by atoms with Crippen LogP contribution >= 0.6 is 0 Å². The fourth-order valence-corrected chi connectivity index (χ4v) is 2.43. The van der Waals surface area contributed by atoms with Gasteiger partial charge in [-0.2, -0.15) is 4.98 Å². The molecule has 1 aliphatic heterocycles. The molecule has 2 heterocycles. The van der Waals surface area contributed by atoms with Gasteiger partial charge in [-0.25, -0.2) is 0 Å². The number of hydrogen-bond acceptors (Lipinski definition) is 4. The predicted molar refractivity (Wildman–Crippen MR) is 76.2 cm³/mol. The number of H-pyrrole nitrogens is 1. The summed E-state index contributed by atoms with van der Waals surface area (Å²) < 4.78 is 0. The second kappa shape index (κ2) is 5.01. The molecule has 5 heteroatoms. The van der Waals surface area contributed by atoms with Crippen molar-refractivity contribution in [2.24, 2.45) is 0 Å². The summed E-state index contributed by atoms with van der Waals surface area (Å²) in [5, 5.41) is 10.8. The molecule has 0 aliphatic carbocycles. The average molecular weight is 257 g/mol. The van der Waals surface area contributed by atoms with Crippen molar-refractivity contribution in [1.29, 1.82) is 0 Å². The van der Waals surface area contributed by atoms with Gasteiger partial charge in [0.15, 0.2) is 5.82 Å². The van der Waals surface area contributed by atoms with E-state index in [-0.39, 0.29) is 0 Å². The first-order valence-electron chi connectivity index (χ1n) is 6.70. The zero-order chi connectivity index (χ0) is 13.2. The van der Waals surface area contributed by atoms with E-state index in [1.54, 1.807) is 0 Å². The smallest absolute Gasteiger partial charge is 0.245 e. The Balaban J connectivity index is 1.83. The van der Waals surface area contributed by atoms with Crippen LogP contribution in [-0.4, -0.2) is 40.9 Å². The lowest BCUT2D eigenvalue weighted by atomic mass is 10.1. The Morgan fingerprint density at radius 2 is 2.26 bits per heavy atom. The van der Waals surface area contributed by atoms with E-state index < -0.39 is 0 Å². The van der Waals surface area contributed by atoms with Crippen LogP contribution in [0.5, 0.6) is 0 Å². The Kier molecular flexibility index (Phi) is 3.21. The molecule has 0 amide bonds. The maximum absolute atomic E-state index is 4.61. The third-order valence-electron chi connectivity index (χ3n) is 3.42. The number of piperazine rings is 1. The van der Waals surface area contributed by atoms with Gasteiger partial charge in [-0.1, -0.05) is 23.8 Å². The standard InChI is InChI=1S/C14H19N5/c1-10-4-3-5-12(8-10)13-16-14(18-17-13)19-7-6-15-11(2)9-19/h3-5,8,11,15H,6-7,9H2,1-2H3,(H,16,17,18)/t11-/m1/s1. The molecule has 19 heavy (non-hydrogen) atoms. The molecule has 0 radical (unpaired) electrons. The van der Waals surface area contributed by atoms with Crippen LogP contribution < -0.4 is 10.2 Å². The van der Waals surface area contributed by atoms with E-state index in [0.29, 0.717) is 6.04 Å². The van der Waals surface area contributed by atoms with Crippen molar-refractivity contribution in [1.82, 2.24) is 20.5 Å². The number of anilines is 1. The monoisotopic (exact) mass is 257 g/mol. The molecule has 3 rings (SSSR count). The van der Waals surface area contributed by atoms with Crippen molar-refractivity contribution < 1.29 is 0 Å². The minimum absolute atomic E-state index is 0.481.